The first-order chi connectivity index (χ1) is 8.32. The summed E-state index contributed by atoms with van der Waals surface area (Å²) < 4.78 is 19.0. The summed E-state index contributed by atoms with van der Waals surface area (Å²) in [6.45, 7) is 3.66. The fraction of sp³-hybridized carbons (Fsp3) is 0.500. The summed E-state index contributed by atoms with van der Waals surface area (Å²) >= 11 is 0. The van der Waals surface area contributed by atoms with Crippen molar-refractivity contribution in [2.75, 3.05) is 0 Å². The summed E-state index contributed by atoms with van der Waals surface area (Å²) in [4.78, 5) is 9.80. The molecule has 1 aromatic carbocycles. The molecule has 2 unspecified atom stereocenters. The molecule has 0 aromatic heterocycles. The maximum Gasteiger partial charge on any atom is 0.272 e. The lowest BCUT2D eigenvalue weighted by Gasteiger charge is -2.48. The zero-order chi connectivity index (χ0) is 13.5. The number of rotatable bonds is 3. The number of halogens is 1. The van der Waals surface area contributed by atoms with E-state index in [1.165, 1.54) is 12.1 Å². The Bertz CT molecular complexity index is 489. The Balaban J connectivity index is 2.14. The highest BCUT2D eigenvalue weighted by atomic mass is 19.1. The van der Waals surface area contributed by atoms with Gasteiger partial charge in [-0.25, -0.2) is 4.39 Å². The Morgan fingerprint density at radius 3 is 2.67 bits per heavy atom. The van der Waals surface area contributed by atoms with Crippen LogP contribution < -0.4 is 4.74 Å². The number of nitro groups is 1. The molecular weight excluding hydrogens is 241 g/mol. The van der Waals surface area contributed by atoms with Gasteiger partial charge in [0, 0.05) is 17.9 Å². The number of nitro benzene ring substituents is 1. The van der Waals surface area contributed by atoms with Gasteiger partial charge in [0.2, 0.25) is 0 Å². The summed E-state index contributed by atoms with van der Waals surface area (Å²) in [5.41, 5.74) is -0.749. The molecule has 0 spiro atoms. The molecule has 0 radical (unpaired) electrons. The highest BCUT2D eigenvalue weighted by Gasteiger charge is 2.49. The van der Waals surface area contributed by atoms with Crippen LogP contribution in [0.5, 0.6) is 5.75 Å². The lowest BCUT2D eigenvalue weighted by atomic mass is 9.66. The van der Waals surface area contributed by atoms with Gasteiger partial charge in [-0.2, -0.15) is 0 Å². The largest absolute Gasteiger partial charge is 0.487 e. The van der Waals surface area contributed by atoms with Crippen LogP contribution in [0.2, 0.25) is 0 Å². The molecular formula is C12H14FNO4. The molecule has 0 aliphatic heterocycles. The third-order valence-corrected chi connectivity index (χ3v) is 3.52. The minimum absolute atomic E-state index is 0.0226. The van der Waals surface area contributed by atoms with Crippen molar-refractivity contribution in [2.45, 2.75) is 32.5 Å². The molecule has 5 nitrogen and oxygen atoms in total. The Kier molecular flexibility index (Phi) is 2.98. The molecule has 1 saturated carbocycles. The normalized spacial score (nSPS) is 25.3. The number of non-ortho nitro benzene ring substituents is 1. The minimum atomic E-state index is -0.763. The molecule has 2 atom stereocenters. The molecule has 18 heavy (non-hydrogen) atoms. The van der Waals surface area contributed by atoms with Crippen molar-refractivity contribution in [3.63, 3.8) is 0 Å². The smallest absolute Gasteiger partial charge is 0.272 e. The van der Waals surface area contributed by atoms with Gasteiger partial charge < -0.3 is 9.84 Å². The molecule has 0 bridgehead atoms. The molecule has 1 aliphatic rings. The third-order valence-electron chi connectivity index (χ3n) is 3.52. The van der Waals surface area contributed by atoms with Crippen molar-refractivity contribution >= 4 is 5.69 Å². The first-order valence-electron chi connectivity index (χ1n) is 5.61. The number of hydrogen-bond acceptors (Lipinski definition) is 4. The molecule has 1 aromatic rings. The first kappa shape index (κ1) is 12.8. The molecule has 0 amide bonds. The second-order valence-electron chi connectivity index (χ2n) is 5.05. The van der Waals surface area contributed by atoms with E-state index in [2.05, 4.69) is 0 Å². The van der Waals surface area contributed by atoms with E-state index in [0.29, 0.717) is 6.42 Å². The van der Waals surface area contributed by atoms with Crippen molar-refractivity contribution in [3.8, 4) is 5.75 Å². The lowest BCUT2D eigenvalue weighted by molar-refractivity contribution is -0.385. The topological polar surface area (TPSA) is 72.6 Å². The van der Waals surface area contributed by atoms with E-state index >= 15 is 0 Å². The van der Waals surface area contributed by atoms with Gasteiger partial charge in [-0.3, -0.25) is 10.1 Å². The van der Waals surface area contributed by atoms with Crippen LogP contribution in [0.3, 0.4) is 0 Å². The molecule has 98 valence electrons. The van der Waals surface area contributed by atoms with Gasteiger partial charge in [-0.15, -0.1) is 0 Å². The molecule has 6 heteroatoms. The van der Waals surface area contributed by atoms with Gasteiger partial charge in [-0.05, 0) is 6.07 Å². The highest BCUT2D eigenvalue weighted by molar-refractivity contribution is 5.37. The van der Waals surface area contributed by atoms with E-state index in [9.17, 15) is 19.6 Å². The van der Waals surface area contributed by atoms with Gasteiger partial charge >= 0.3 is 0 Å². The molecule has 1 N–H and O–H groups in total. The highest BCUT2D eigenvalue weighted by Crippen LogP contribution is 2.43. The van der Waals surface area contributed by atoms with Gasteiger partial charge in [0.25, 0.3) is 5.69 Å². The van der Waals surface area contributed by atoms with Crippen LogP contribution in [-0.2, 0) is 0 Å². The Morgan fingerprint density at radius 2 is 2.22 bits per heavy atom. The number of aliphatic hydroxyl groups excluding tert-OH is 1. The van der Waals surface area contributed by atoms with E-state index < -0.39 is 22.3 Å². The van der Waals surface area contributed by atoms with Crippen molar-refractivity contribution in [1.82, 2.24) is 0 Å². The molecule has 2 rings (SSSR count). The average molecular weight is 255 g/mol. The first-order valence-corrected chi connectivity index (χ1v) is 5.61. The predicted octanol–water partition coefficient (Wildman–Crippen LogP) is 2.27. The zero-order valence-corrected chi connectivity index (χ0v) is 10.1. The van der Waals surface area contributed by atoms with Gasteiger partial charge in [0.1, 0.15) is 6.10 Å². The minimum Gasteiger partial charge on any atom is -0.487 e. The monoisotopic (exact) mass is 255 g/mol. The van der Waals surface area contributed by atoms with Crippen molar-refractivity contribution in [1.29, 1.82) is 0 Å². The standard InChI is InChI=1S/C12H14FNO4/c1-12(2)10(15)6-11(12)18-9-4-3-7(14(16)17)5-8(9)13/h3-5,10-11,15H,6H2,1-2H3. The SMILES string of the molecule is CC1(C)C(O)CC1Oc1ccc([N+](=O)[O-])cc1F. The van der Waals surface area contributed by atoms with Crippen LogP contribution in [-0.4, -0.2) is 22.2 Å². The fourth-order valence-corrected chi connectivity index (χ4v) is 1.92. The average Bonchev–Trinajstić information content (AvgIpc) is 2.30. The van der Waals surface area contributed by atoms with E-state index in [1.807, 2.05) is 13.8 Å². The van der Waals surface area contributed by atoms with Crippen LogP contribution in [0.25, 0.3) is 0 Å². The predicted molar refractivity (Wildman–Crippen MR) is 61.9 cm³/mol. The number of benzene rings is 1. The van der Waals surface area contributed by atoms with Crippen molar-refractivity contribution in [3.05, 3.63) is 34.1 Å². The van der Waals surface area contributed by atoms with E-state index in [4.69, 9.17) is 4.74 Å². The summed E-state index contributed by atoms with van der Waals surface area (Å²) in [5.74, 6) is -0.785. The zero-order valence-electron chi connectivity index (χ0n) is 10.1. The summed E-state index contributed by atoms with van der Waals surface area (Å²) in [7, 11) is 0. The quantitative estimate of drug-likeness (QED) is 0.664. The van der Waals surface area contributed by atoms with E-state index in [1.54, 1.807) is 0 Å². The Labute approximate surface area is 103 Å². The van der Waals surface area contributed by atoms with Gasteiger partial charge in [0.05, 0.1) is 17.1 Å². The number of ether oxygens (including phenoxy) is 1. The van der Waals surface area contributed by atoms with Crippen molar-refractivity contribution in [2.24, 2.45) is 5.41 Å². The van der Waals surface area contributed by atoms with Crippen LogP contribution in [0, 0.1) is 21.3 Å². The summed E-state index contributed by atoms with van der Waals surface area (Å²) in [5, 5.41) is 20.0. The number of hydrogen-bond donors (Lipinski definition) is 1. The van der Waals surface area contributed by atoms with Crippen LogP contribution in [0.4, 0.5) is 10.1 Å². The lowest BCUT2D eigenvalue weighted by Crippen LogP contribution is -2.56. The van der Waals surface area contributed by atoms with Crippen LogP contribution >= 0.6 is 0 Å². The van der Waals surface area contributed by atoms with Crippen LogP contribution in [0.15, 0.2) is 18.2 Å². The number of aliphatic hydroxyl groups is 1. The second-order valence-corrected chi connectivity index (χ2v) is 5.05. The number of nitrogens with zero attached hydrogens (tertiary/aromatic N) is 1. The fourth-order valence-electron chi connectivity index (χ4n) is 1.92. The van der Waals surface area contributed by atoms with Gasteiger partial charge in [-0.1, -0.05) is 13.8 Å². The van der Waals surface area contributed by atoms with Gasteiger partial charge in [0.15, 0.2) is 11.6 Å². The van der Waals surface area contributed by atoms with Crippen molar-refractivity contribution < 1.29 is 19.2 Å². The van der Waals surface area contributed by atoms with E-state index in [-0.39, 0.29) is 17.5 Å². The maximum atomic E-state index is 13.6. The second kappa shape index (κ2) is 4.20. The molecule has 0 saturated heterocycles. The molecule has 1 aliphatic carbocycles. The third kappa shape index (κ3) is 2.03. The Hall–Kier alpha value is -1.69. The summed E-state index contributed by atoms with van der Waals surface area (Å²) in [6, 6.07) is 3.27. The Morgan fingerprint density at radius 1 is 1.56 bits per heavy atom. The van der Waals surface area contributed by atoms with Crippen LogP contribution in [0.1, 0.15) is 20.3 Å². The van der Waals surface area contributed by atoms with E-state index in [0.717, 1.165) is 6.07 Å². The maximum absolute atomic E-state index is 13.6. The molecule has 0 heterocycles. The molecule has 1 fully saturated rings. The summed E-state index contributed by atoms with van der Waals surface area (Å²) in [6.07, 6.45) is -0.323.